The first-order valence-corrected chi connectivity index (χ1v) is 5.91. The van der Waals surface area contributed by atoms with Gasteiger partial charge in [0.1, 0.15) is 5.82 Å². The molecule has 1 aromatic rings. The first-order chi connectivity index (χ1) is 7.70. The quantitative estimate of drug-likeness (QED) is 0.840. The molecule has 2 rings (SSSR count). The van der Waals surface area contributed by atoms with Crippen molar-refractivity contribution in [3.05, 3.63) is 27.4 Å². The zero-order valence-corrected chi connectivity index (χ0v) is 9.88. The van der Waals surface area contributed by atoms with Gasteiger partial charge in [0.25, 0.3) is 5.56 Å². The van der Waals surface area contributed by atoms with E-state index in [2.05, 4.69) is 9.97 Å². The van der Waals surface area contributed by atoms with Crippen LogP contribution in [-0.4, -0.2) is 22.7 Å². The molecular formula is C12H18N2O2. The van der Waals surface area contributed by atoms with E-state index in [0.717, 1.165) is 49.4 Å². The van der Waals surface area contributed by atoms with Crippen LogP contribution in [0, 0.1) is 6.92 Å². The van der Waals surface area contributed by atoms with E-state index in [9.17, 15) is 4.79 Å². The van der Waals surface area contributed by atoms with Crippen molar-refractivity contribution in [2.75, 3.05) is 6.61 Å². The van der Waals surface area contributed by atoms with Gasteiger partial charge in [0.15, 0.2) is 0 Å². The molecule has 1 N–H and O–H groups in total. The Balaban J connectivity index is 2.20. The number of hydrogen-bond donors (Lipinski definition) is 1. The van der Waals surface area contributed by atoms with Gasteiger partial charge >= 0.3 is 0 Å². The lowest BCUT2D eigenvalue weighted by Gasteiger charge is -2.10. The molecule has 1 fully saturated rings. The predicted molar refractivity (Wildman–Crippen MR) is 61.7 cm³/mol. The van der Waals surface area contributed by atoms with Gasteiger partial charge in [-0.1, -0.05) is 6.92 Å². The summed E-state index contributed by atoms with van der Waals surface area (Å²) in [4.78, 5) is 19.0. The van der Waals surface area contributed by atoms with Crippen LogP contribution in [0.3, 0.4) is 0 Å². The molecule has 88 valence electrons. The van der Waals surface area contributed by atoms with E-state index in [-0.39, 0.29) is 11.7 Å². The summed E-state index contributed by atoms with van der Waals surface area (Å²) in [5.74, 6) is 0.763. The first-order valence-electron chi connectivity index (χ1n) is 5.91. The van der Waals surface area contributed by atoms with Gasteiger partial charge < -0.3 is 9.72 Å². The average molecular weight is 222 g/mol. The van der Waals surface area contributed by atoms with Gasteiger partial charge in [-0.2, -0.15) is 0 Å². The Morgan fingerprint density at radius 3 is 3.00 bits per heavy atom. The van der Waals surface area contributed by atoms with Crippen molar-refractivity contribution in [3.8, 4) is 0 Å². The molecule has 1 aliphatic rings. The summed E-state index contributed by atoms with van der Waals surface area (Å²) in [5, 5.41) is 0. The minimum Gasteiger partial charge on any atom is -0.378 e. The highest BCUT2D eigenvalue weighted by Gasteiger charge is 2.17. The van der Waals surface area contributed by atoms with Crippen LogP contribution in [0.1, 0.15) is 36.8 Å². The zero-order chi connectivity index (χ0) is 11.5. The maximum Gasteiger partial charge on any atom is 0.254 e. The minimum atomic E-state index is -0.0140. The number of aryl methyl sites for hydroxylation is 1. The van der Waals surface area contributed by atoms with Crippen molar-refractivity contribution in [1.82, 2.24) is 9.97 Å². The minimum absolute atomic E-state index is 0.0140. The van der Waals surface area contributed by atoms with Crippen molar-refractivity contribution < 1.29 is 4.74 Å². The molecule has 0 aliphatic carbocycles. The lowest BCUT2D eigenvalue weighted by atomic mass is 10.1. The molecule has 0 amide bonds. The van der Waals surface area contributed by atoms with Crippen LogP contribution in [0.2, 0.25) is 0 Å². The van der Waals surface area contributed by atoms with Gasteiger partial charge in [-0.05, 0) is 26.2 Å². The summed E-state index contributed by atoms with van der Waals surface area (Å²) in [6, 6.07) is 0. The van der Waals surface area contributed by atoms with Crippen LogP contribution in [0.5, 0.6) is 0 Å². The van der Waals surface area contributed by atoms with Crippen LogP contribution in [0.25, 0.3) is 0 Å². The summed E-state index contributed by atoms with van der Waals surface area (Å²) in [6.07, 6.45) is 3.94. The van der Waals surface area contributed by atoms with E-state index in [1.54, 1.807) is 0 Å². The van der Waals surface area contributed by atoms with Gasteiger partial charge in [-0.3, -0.25) is 4.79 Å². The zero-order valence-electron chi connectivity index (χ0n) is 9.88. The highest BCUT2D eigenvalue weighted by molar-refractivity contribution is 5.16. The number of ether oxygens (including phenoxy) is 1. The van der Waals surface area contributed by atoms with Crippen LogP contribution < -0.4 is 5.56 Å². The lowest BCUT2D eigenvalue weighted by Crippen LogP contribution is -2.21. The van der Waals surface area contributed by atoms with E-state index in [1.165, 1.54) is 0 Å². The largest absolute Gasteiger partial charge is 0.378 e. The topological polar surface area (TPSA) is 55.0 Å². The normalized spacial score (nSPS) is 20.2. The molecule has 1 aliphatic heterocycles. The monoisotopic (exact) mass is 222 g/mol. The fraction of sp³-hybridized carbons (Fsp3) is 0.667. The number of rotatable bonds is 3. The Bertz CT molecular complexity index is 420. The average Bonchev–Trinajstić information content (AvgIpc) is 2.76. The molecule has 4 nitrogen and oxygen atoms in total. The molecule has 1 atom stereocenters. The molecule has 2 heterocycles. The fourth-order valence-electron chi connectivity index (χ4n) is 2.09. The summed E-state index contributed by atoms with van der Waals surface area (Å²) in [7, 11) is 0. The lowest BCUT2D eigenvalue weighted by molar-refractivity contribution is 0.109. The molecule has 16 heavy (non-hydrogen) atoms. The van der Waals surface area contributed by atoms with Crippen LogP contribution in [0.15, 0.2) is 4.79 Å². The number of H-pyrrole nitrogens is 1. The maximum absolute atomic E-state index is 11.7. The highest BCUT2D eigenvalue weighted by atomic mass is 16.5. The second kappa shape index (κ2) is 4.78. The summed E-state index contributed by atoms with van der Waals surface area (Å²) < 4.78 is 5.54. The summed E-state index contributed by atoms with van der Waals surface area (Å²) in [5.41, 5.74) is 1.62. The number of hydrogen-bond acceptors (Lipinski definition) is 3. The Morgan fingerprint density at radius 1 is 1.56 bits per heavy atom. The van der Waals surface area contributed by atoms with Gasteiger partial charge in [-0.15, -0.1) is 0 Å². The summed E-state index contributed by atoms with van der Waals surface area (Å²) >= 11 is 0. The van der Waals surface area contributed by atoms with Gasteiger partial charge in [-0.25, -0.2) is 4.98 Å². The molecule has 1 saturated heterocycles. The van der Waals surface area contributed by atoms with Crippen LogP contribution in [0.4, 0.5) is 0 Å². The van der Waals surface area contributed by atoms with Crippen molar-refractivity contribution >= 4 is 0 Å². The second-order valence-corrected chi connectivity index (χ2v) is 4.28. The van der Waals surface area contributed by atoms with Crippen LogP contribution in [-0.2, 0) is 17.6 Å². The molecule has 0 saturated carbocycles. The summed E-state index contributed by atoms with van der Waals surface area (Å²) in [6.45, 7) is 4.67. The molecular weight excluding hydrogens is 204 g/mol. The maximum atomic E-state index is 11.7. The van der Waals surface area contributed by atoms with E-state index in [0.29, 0.717) is 0 Å². The molecule has 1 aromatic heterocycles. The Hall–Kier alpha value is -1.16. The predicted octanol–water partition coefficient (Wildman–Crippen LogP) is 1.36. The number of nitrogens with zero attached hydrogens (tertiary/aromatic N) is 1. The third kappa shape index (κ3) is 2.32. The van der Waals surface area contributed by atoms with Crippen molar-refractivity contribution in [1.29, 1.82) is 0 Å². The third-order valence-electron chi connectivity index (χ3n) is 3.08. The Morgan fingerprint density at radius 2 is 2.38 bits per heavy atom. The number of nitrogens with one attached hydrogen (secondary N) is 1. The van der Waals surface area contributed by atoms with Gasteiger partial charge in [0.05, 0.1) is 11.8 Å². The molecule has 0 bridgehead atoms. The SMILES string of the molecule is CCc1nc(CC2CCCO2)[nH]c(=O)c1C. The molecule has 0 aromatic carbocycles. The third-order valence-corrected chi connectivity index (χ3v) is 3.08. The Kier molecular flexibility index (Phi) is 3.39. The van der Waals surface area contributed by atoms with E-state index < -0.39 is 0 Å². The molecule has 0 radical (unpaired) electrons. The second-order valence-electron chi connectivity index (χ2n) is 4.28. The number of aromatic amines is 1. The fourth-order valence-corrected chi connectivity index (χ4v) is 2.09. The molecule has 4 heteroatoms. The van der Waals surface area contributed by atoms with Gasteiger partial charge in [0, 0.05) is 18.6 Å². The van der Waals surface area contributed by atoms with Crippen molar-refractivity contribution in [3.63, 3.8) is 0 Å². The van der Waals surface area contributed by atoms with E-state index in [4.69, 9.17) is 4.74 Å². The smallest absolute Gasteiger partial charge is 0.254 e. The highest BCUT2D eigenvalue weighted by Crippen LogP contribution is 2.15. The molecule has 0 spiro atoms. The van der Waals surface area contributed by atoms with Crippen molar-refractivity contribution in [2.45, 2.75) is 45.6 Å². The molecule has 1 unspecified atom stereocenters. The van der Waals surface area contributed by atoms with Crippen molar-refractivity contribution in [2.24, 2.45) is 0 Å². The standard InChI is InChI=1S/C12H18N2O2/c1-3-10-8(2)12(15)14-11(13-10)7-9-5-4-6-16-9/h9H,3-7H2,1-2H3,(H,13,14,15). The first kappa shape index (κ1) is 11.3. The van der Waals surface area contributed by atoms with E-state index in [1.807, 2.05) is 13.8 Å². The number of aromatic nitrogens is 2. The Labute approximate surface area is 95.1 Å². The van der Waals surface area contributed by atoms with Crippen LogP contribution >= 0.6 is 0 Å². The van der Waals surface area contributed by atoms with Gasteiger partial charge in [0.2, 0.25) is 0 Å². The van der Waals surface area contributed by atoms with E-state index >= 15 is 0 Å².